The van der Waals surface area contributed by atoms with Crippen LogP contribution in [0.15, 0.2) is 18.2 Å². The quantitative estimate of drug-likeness (QED) is 0.534. The molecular formula is C14H21N5. The molecule has 1 aliphatic rings. The van der Waals surface area contributed by atoms with Gasteiger partial charge in [0.15, 0.2) is 0 Å². The number of hydrogen-bond acceptors (Lipinski definition) is 4. The lowest BCUT2D eigenvalue weighted by molar-refractivity contribution is 0.347. The van der Waals surface area contributed by atoms with Gasteiger partial charge in [-0.2, -0.15) is 0 Å². The van der Waals surface area contributed by atoms with Gasteiger partial charge in [0.2, 0.25) is 0 Å². The van der Waals surface area contributed by atoms with Crippen molar-refractivity contribution < 1.29 is 0 Å². The predicted octanol–water partition coefficient (Wildman–Crippen LogP) is 0.813. The summed E-state index contributed by atoms with van der Waals surface area (Å²) in [5.74, 6) is 12.3. The first-order valence-electron chi connectivity index (χ1n) is 6.41. The molecule has 1 aromatic heterocycles. The highest BCUT2D eigenvalue weighted by atomic mass is 15.4. The highest BCUT2D eigenvalue weighted by molar-refractivity contribution is 5.36. The van der Waals surface area contributed by atoms with Crippen LogP contribution in [0.2, 0.25) is 0 Å². The van der Waals surface area contributed by atoms with Crippen molar-refractivity contribution in [1.29, 1.82) is 0 Å². The lowest BCUT2D eigenvalue weighted by Crippen LogP contribution is -2.32. The average molecular weight is 259 g/mol. The third-order valence-corrected chi connectivity index (χ3v) is 2.99. The van der Waals surface area contributed by atoms with Crippen LogP contribution in [0.4, 0.5) is 0 Å². The average Bonchev–Trinajstić information content (AvgIpc) is 2.64. The van der Waals surface area contributed by atoms with Gasteiger partial charge in [-0.1, -0.05) is 5.92 Å². The molecule has 1 aromatic rings. The summed E-state index contributed by atoms with van der Waals surface area (Å²) < 4.78 is 2.10. The minimum Gasteiger partial charge on any atom is -0.403 e. The zero-order chi connectivity index (χ0) is 14.0. The molecule has 0 aliphatic carbocycles. The van der Waals surface area contributed by atoms with Crippen LogP contribution in [-0.2, 0) is 13.0 Å². The smallest absolute Gasteiger partial charge is 0.134 e. The van der Waals surface area contributed by atoms with Crippen molar-refractivity contribution in [2.45, 2.75) is 33.7 Å². The van der Waals surface area contributed by atoms with Crippen LogP contribution >= 0.6 is 0 Å². The Morgan fingerprint density at radius 3 is 2.74 bits per heavy atom. The Labute approximate surface area is 114 Å². The Hall–Kier alpha value is -1.93. The number of aromatic nitrogens is 2. The first-order valence-corrected chi connectivity index (χ1v) is 6.41. The van der Waals surface area contributed by atoms with Crippen LogP contribution in [-0.4, -0.2) is 21.1 Å². The predicted molar refractivity (Wildman–Crippen MR) is 75.4 cm³/mol. The van der Waals surface area contributed by atoms with E-state index >= 15 is 0 Å². The van der Waals surface area contributed by atoms with Crippen LogP contribution < -0.4 is 11.6 Å². The van der Waals surface area contributed by atoms with E-state index in [2.05, 4.69) is 42.2 Å². The van der Waals surface area contributed by atoms with E-state index in [0.717, 1.165) is 30.2 Å². The second kappa shape index (κ2) is 4.98. The molecule has 0 spiro atoms. The van der Waals surface area contributed by atoms with Crippen molar-refractivity contribution >= 4 is 0 Å². The minimum absolute atomic E-state index is 0.0341. The van der Waals surface area contributed by atoms with Crippen LogP contribution in [0.1, 0.15) is 32.2 Å². The third kappa shape index (κ3) is 3.09. The van der Waals surface area contributed by atoms with Gasteiger partial charge >= 0.3 is 0 Å². The third-order valence-electron chi connectivity index (χ3n) is 2.99. The molecule has 4 N–H and O–H groups in total. The first-order chi connectivity index (χ1) is 8.90. The SMILES string of the molecule is CC(C)(C)C#Cc1ncn2c1C/C(=C/N)N(N)CC2. The van der Waals surface area contributed by atoms with Gasteiger partial charge in [-0.25, -0.2) is 10.8 Å². The van der Waals surface area contributed by atoms with Gasteiger partial charge in [0.1, 0.15) is 5.69 Å². The molecule has 1 aliphatic heterocycles. The summed E-state index contributed by atoms with van der Waals surface area (Å²) in [7, 11) is 0. The van der Waals surface area contributed by atoms with E-state index in [4.69, 9.17) is 11.6 Å². The maximum absolute atomic E-state index is 5.94. The summed E-state index contributed by atoms with van der Waals surface area (Å²) in [6, 6.07) is 0. The summed E-state index contributed by atoms with van der Waals surface area (Å²) in [6.07, 6.45) is 4.06. The van der Waals surface area contributed by atoms with Crippen molar-refractivity contribution in [3.63, 3.8) is 0 Å². The summed E-state index contributed by atoms with van der Waals surface area (Å²) >= 11 is 0. The topological polar surface area (TPSA) is 73.1 Å². The lowest BCUT2D eigenvalue weighted by atomic mass is 9.98. The van der Waals surface area contributed by atoms with Crippen molar-refractivity contribution in [3.8, 4) is 11.8 Å². The molecule has 102 valence electrons. The normalized spacial score (nSPS) is 17.7. The highest BCUT2D eigenvalue weighted by Gasteiger charge is 2.18. The Morgan fingerprint density at radius 2 is 2.11 bits per heavy atom. The fourth-order valence-corrected chi connectivity index (χ4v) is 1.92. The van der Waals surface area contributed by atoms with Crippen molar-refractivity contribution in [2.24, 2.45) is 17.0 Å². The maximum Gasteiger partial charge on any atom is 0.134 e. The first kappa shape index (κ1) is 13.5. The number of hydrazine groups is 1. The molecule has 0 radical (unpaired) electrons. The minimum atomic E-state index is -0.0341. The maximum atomic E-state index is 5.94. The summed E-state index contributed by atoms with van der Waals surface area (Å²) in [4.78, 5) is 4.40. The van der Waals surface area contributed by atoms with Gasteiger partial charge in [0, 0.05) is 24.6 Å². The van der Waals surface area contributed by atoms with E-state index in [1.807, 2.05) is 6.33 Å². The van der Waals surface area contributed by atoms with Crippen LogP contribution in [0.3, 0.4) is 0 Å². The molecule has 0 saturated heterocycles. The monoisotopic (exact) mass is 259 g/mol. The fourth-order valence-electron chi connectivity index (χ4n) is 1.92. The number of nitrogens with two attached hydrogens (primary N) is 2. The number of allylic oxidation sites excluding steroid dienone is 1. The number of imidazole rings is 1. The summed E-state index contributed by atoms with van der Waals surface area (Å²) in [5, 5.41) is 1.69. The molecule has 2 rings (SSSR count). The molecule has 0 saturated carbocycles. The Balaban J connectivity index is 2.36. The molecule has 5 heteroatoms. The molecule has 0 amide bonds. The largest absolute Gasteiger partial charge is 0.403 e. The van der Waals surface area contributed by atoms with Gasteiger partial charge < -0.3 is 15.3 Å². The number of rotatable bonds is 0. The van der Waals surface area contributed by atoms with Crippen molar-refractivity contribution in [2.75, 3.05) is 6.54 Å². The molecular weight excluding hydrogens is 238 g/mol. The number of nitrogens with zero attached hydrogens (tertiary/aromatic N) is 3. The van der Waals surface area contributed by atoms with Crippen molar-refractivity contribution in [3.05, 3.63) is 29.6 Å². The molecule has 0 atom stereocenters. The van der Waals surface area contributed by atoms with Gasteiger partial charge in [-0.05, 0) is 26.7 Å². The van der Waals surface area contributed by atoms with E-state index in [1.54, 1.807) is 11.2 Å². The Morgan fingerprint density at radius 1 is 1.37 bits per heavy atom. The molecule has 0 fully saturated rings. The molecule has 19 heavy (non-hydrogen) atoms. The van der Waals surface area contributed by atoms with Crippen LogP contribution in [0, 0.1) is 17.3 Å². The molecule has 5 nitrogen and oxygen atoms in total. The summed E-state index contributed by atoms with van der Waals surface area (Å²) in [6.45, 7) is 7.77. The van der Waals surface area contributed by atoms with E-state index < -0.39 is 0 Å². The van der Waals surface area contributed by atoms with E-state index in [9.17, 15) is 0 Å². The standard InChI is InChI=1S/C14H21N5/c1-14(2,3)5-4-12-13-8-11(9-15)19(16)7-6-18(13)10-17-12/h9-10H,6-8,15-16H2,1-3H3/b11-9-. The van der Waals surface area contributed by atoms with Gasteiger partial charge in [-0.15, -0.1) is 0 Å². The Kier molecular flexibility index (Phi) is 3.54. The molecule has 2 heterocycles. The van der Waals surface area contributed by atoms with Gasteiger partial charge in [-0.3, -0.25) is 0 Å². The van der Waals surface area contributed by atoms with Crippen molar-refractivity contribution in [1.82, 2.24) is 14.6 Å². The lowest BCUT2D eigenvalue weighted by Gasteiger charge is -2.17. The van der Waals surface area contributed by atoms with E-state index in [0.29, 0.717) is 6.42 Å². The van der Waals surface area contributed by atoms with Crippen LogP contribution in [0.5, 0.6) is 0 Å². The Bertz CT molecular complexity index is 551. The fraction of sp³-hybridized carbons (Fsp3) is 0.500. The van der Waals surface area contributed by atoms with E-state index in [-0.39, 0.29) is 5.41 Å². The number of fused-ring (bicyclic) bond motifs is 1. The summed E-state index contributed by atoms with van der Waals surface area (Å²) in [5.41, 5.74) is 8.41. The molecule has 0 unspecified atom stereocenters. The highest BCUT2D eigenvalue weighted by Crippen LogP contribution is 2.18. The van der Waals surface area contributed by atoms with Gasteiger partial charge in [0.05, 0.1) is 24.3 Å². The van der Waals surface area contributed by atoms with Crippen LogP contribution in [0.25, 0.3) is 0 Å². The molecule has 0 bridgehead atoms. The zero-order valence-electron chi connectivity index (χ0n) is 11.8. The second-order valence-electron chi connectivity index (χ2n) is 5.76. The van der Waals surface area contributed by atoms with Gasteiger partial charge in [0.25, 0.3) is 0 Å². The van der Waals surface area contributed by atoms with E-state index in [1.165, 1.54) is 0 Å². The zero-order valence-corrected chi connectivity index (χ0v) is 11.8. The second-order valence-corrected chi connectivity index (χ2v) is 5.76. The molecule has 0 aromatic carbocycles. The number of hydrogen-bond donors (Lipinski definition) is 2.